The number of hydrogen-bond acceptors (Lipinski definition) is 4. The minimum atomic E-state index is -0.0888. The van der Waals surface area contributed by atoms with Gasteiger partial charge in [-0.1, -0.05) is 27.2 Å². The van der Waals surface area contributed by atoms with Crippen molar-refractivity contribution in [3.8, 4) is 0 Å². The second kappa shape index (κ2) is 6.02. The van der Waals surface area contributed by atoms with Gasteiger partial charge in [0.25, 0.3) is 5.91 Å². The molecule has 0 radical (unpaired) electrons. The maximum Gasteiger partial charge on any atom is 0.251 e. The van der Waals surface area contributed by atoms with Gasteiger partial charge in [0, 0.05) is 29.8 Å². The Morgan fingerprint density at radius 3 is 2.81 bits per heavy atom. The van der Waals surface area contributed by atoms with Crippen LogP contribution in [0.4, 0.5) is 5.82 Å². The molecule has 1 amide bonds. The molecule has 2 atom stereocenters. The zero-order valence-corrected chi connectivity index (χ0v) is 13.3. The number of carbonyl (C=O) groups excluding carboxylic acids is 1. The van der Waals surface area contributed by atoms with E-state index in [2.05, 4.69) is 31.1 Å². The van der Waals surface area contributed by atoms with Gasteiger partial charge in [-0.25, -0.2) is 4.98 Å². The van der Waals surface area contributed by atoms with E-state index in [4.69, 9.17) is 10.5 Å². The lowest BCUT2D eigenvalue weighted by atomic mass is 9.64. The number of hydrogen-bond donors (Lipinski definition) is 2. The fourth-order valence-corrected chi connectivity index (χ4v) is 2.90. The van der Waals surface area contributed by atoms with Crippen molar-refractivity contribution in [2.45, 2.75) is 52.2 Å². The van der Waals surface area contributed by atoms with Crippen LogP contribution in [0.2, 0.25) is 0 Å². The van der Waals surface area contributed by atoms with Crippen molar-refractivity contribution in [2.75, 3.05) is 12.8 Å². The van der Waals surface area contributed by atoms with Crippen LogP contribution in [0.5, 0.6) is 0 Å². The van der Waals surface area contributed by atoms with Gasteiger partial charge in [0.15, 0.2) is 0 Å². The summed E-state index contributed by atoms with van der Waals surface area (Å²) in [5, 5.41) is 3.08. The number of anilines is 1. The number of nitrogens with two attached hydrogens (primary N) is 1. The lowest BCUT2D eigenvalue weighted by Crippen LogP contribution is -2.61. The molecule has 1 aromatic rings. The van der Waals surface area contributed by atoms with Crippen LogP contribution in [-0.2, 0) is 11.2 Å². The summed E-state index contributed by atoms with van der Waals surface area (Å²) in [6.07, 6.45) is 2.84. The number of pyridine rings is 1. The van der Waals surface area contributed by atoms with E-state index in [1.54, 1.807) is 13.2 Å². The van der Waals surface area contributed by atoms with E-state index < -0.39 is 0 Å². The van der Waals surface area contributed by atoms with Crippen molar-refractivity contribution >= 4 is 11.7 Å². The van der Waals surface area contributed by atoms with Crippen LogP contribution in [0.15, 0.2) is 12.1 Å². The van der Waals surface area contributed by atoms with Gasteiger partial charge in [0.05, 0.1) is 6.10 Å². The zero-order chi connectivity index (χ0) is 15.6. The molecule has 1 heterocycles. The molecule has 0 saturated heterocycles. The first-order valence-electron chi connectivity index (χ1n) is 7.48. The van der Waals surface area contributed by atoms with Crippen molar-refractivity contribution in [3.63, 3.8) is 0 Å². The number of nitrogen functional groups attached to an aromatic ring is 1. The van der Waals surface area contributed by atoms with E-state index in [0.29, 0.717) is 11.4 Å². The molecule has 1 fully saturated rings. The van der Waals surface area contributed by atoms with Crippen LogP contribution < -0.4 is 11.1 Å². The predicted octanol–water partition coefficient (Wildman–Crippen LogP) is 2.16. The molecule has 0 aromatic carbocycles. The number of amides is 1. The van der Waals surface area contributed by atoms with E-state index in [1.165, 1.54) is 0 Å². The second-order valence-electron chi connectivity index (χ2n) is 6.33. The molecule has 2 rings (SSSR count). The Hall–Kier alpha value is -1.62. The van der Waals surface area contributed by atoms with Crippen molar-refractivity contribution in [3.05, 3.63) is 23.4 Å². The topological polar surface area (TPSA) is 77.2 Å². The van der Waals surface area contributed by atoms with Crippen molar-refractivity contribution in [1.29, 1.82) is 0 Å². The van der Waals surface area contributed by atoms with E-state index in [-0.39, 0.29) is 23.5 Å². The van der Waals surface area contributed by atoms with Crippen molar-refractivity contribution in [1.82, 2.24) is 10.3 Å². The third-order valence-electron chi connectivity index (χ3n) is 4.43. The lowest BCUT2D eigenvalue weighted by Gasteiger charge is -2.51. The van der Waals surface area contributed by atoms with Crippen LogP contribution in [0.25, 0.3) is 0 Å². The first-order valence-corrected chi connectivity index (χ1v) is 7.48. The highest BCUT2D eigenvalue weighted by Gasteiger charge is 2.49. The zero-order valence-electron chi connectivity index (χ0n) is 13.3. The monoisotopic (exact) mass is 291 g/mol. The van der Waals surface area contributed by atoms with Gasteiger partial charge in [0.2, 0.25) is 0 Å². The average molecular weight is 291 g/mol. The molecule has 21 heavy (non-hydrogen) atoms. The van der Waals surface area contributed by atoms with Gasteiger partial charge >= 0.3 is 0 Å². The number of nitrogens with zero attached hydrogens (tertiary/aromatic N) is 1. The third kappa shape index (κ3) is 3.18. The number of ether oxygens (including phenoxy) is 1. The molecule has 1 aliphatic rings. The highest BCUT2D eigenvalue weighted by molar-refractivity contribution is 5.95. The molecule has 2 unspecified atom stereocenters. The number of methoxy groups -OCH3 is 1. The lowest BCUT2D eigenvalue weighted by molar-refractivity contribution is -0.0942. The molecule has 0 aliphatic heterocycles. The molecule has 0 spiro atoms. The number of nitrogens with one attached hydrogen (secondary N) is 1. The van der Waals surface area contributed by atoms with E-state index in [9.17, 15) is 4.79 Å². The van der Waals surface area contributed by atoms with Crippen LogP contribution in [0.1, 0.15) is 49.7 Å². The third-order valence-corrected chi connectivity index (χ3v) is 4.43. The summed E-state index contributed by atoms with van der Waals surface area (Å²) in [5.74, 6) is 0.308. The van der Waals surface area contributed by atoms with E-state index in [0.717, 1.165) is 25.0 Å². The first kappa shape index (κ1) is 15.8. The van der Waals surface area contributed by atoms with Gasteiger partial charge in [-0.15, -0.1) is 0 Å². The van der Waals surface area contributed by atoms with Gasteiger partial charge in [-0.2, -0.15) is 0 Å². The molecule has 1 aromatic heterocycles. The van der Waals surface area contributed by atoms with Gasteiger partial charge in [-0.05, 0) is 25.0 Å². The fraction of sp³-hybridized carbons (Fsp3) is 0.625. The predicted molar refractivity (Wildman–Crippen MR) is 83.1 cm³/mol. The molecule has 5 nitrogen and oxygen atoms in total. The number of aryl methyl sites for hydroxylation is 1. The Morgan fingerprint density at radius 1 is 1.52 bits per heavy atom. The summed E-state index contributed by atoms with van der Waals surface area (Å²) in [4.78, 5) is 16.7. The molecule has 0 bridgehead atoms. The smallest absolute Gasteiger partial charge is 0.251 e. The van der Waals surface area contributed by atoms with Crippen molar-refractivity contribution in [2.24, 2.45) is 5.41 Å². The van der Waals surface area contributed by atoms with Crippen LogP contribution in [0.3, 0.4) is 0 Å². The normalized spacial score (nSPS) is 23.4. The van der Waals surface area contributed by atoms with E-state index >= 15 is 0 Å². The van der Waals surface area contributed by atoms with Crippen molar-refractivity contribution < 1.29 is 9.53 Å². The fourth-order valence-electron chi connectivity index (χ4n) is 2.90. The maximum absolute atomic E-state index is 12.4. The maximum atomic E-state index is 12.4. The molecule has 1 saturated carbocycles. The summed E-state index contributed by atoms with van der Waals surface area (Å²) >= 11 is 0. The molecule has 5 heteroatoms. The summed E-state index contributed by atoms with van der Waals surface area (Å²) in [6, 6.07) is 3.58. The standard InChI is InChI=1S/C16H25N3O2/c1-5-6-11-7-10(8-14(17)18-11)15(20)19-12-9-13(21-4)16(12,2)3/h7-8,12-13H,5-6,9H2,1-4H3,(H2,17,18)(H,19,20). The number of carbonyl (C=O) groups is 1. The Labute approximate surface area is 126 Å². The molecule has 3 N–H and O–H groups in total. The quantitative estimate of drug-likeness (QED) is 0.871. The minimum absolute atomic E-state index is 0.0464. The first-order chi connectivity index (χ1) is 9.88. The van der Waals surface area contributed by atoms with E-state index in [1.807, 2.05) is 6.07 Å². The summed E-state index contributed by atoms with van der Waals surface area (Å²) in [7, 11) is 1.71. The summed E-state index contributed by atoms with van der Waals surface area (Å²) < 4.78 is 5.41. The minimum Gasteiger partial charge on any atom is -0.384 e. The highest BCUT2D eigenvalue weighted by atomic mass is 16.5. The molecule has 116 valence electrons. The van der Waals surface area contributed by atoms with Gasteiger partial charge in [0.1, 0.15) is 5.82 Å². The molecular formula is C16H25N3O2. The number of rotatable bonds is 5. The Morgan fingerprint density at radius 2 is 2.24 bits per heavy atom. The van der Waals surface area contributed by atoms with Crippen LogP contribution >= 0.6 is 0 Å². The Balaban J connectivity index is 2.08. The second-order valence-corrected chi connectivity index (χ2v) is 6.33. The molecular weight excluding hydrogens is 266 g/mol. The Kier molecular flexibility index (Phi) is 4.52. The van der Waals surface area contributed by atoms with Crippen LogP contribution in [-0.4, -0.2) is 30.1 Å². The SMILES string of the molecule is CCCc1cc(C(=O)NC2CC(OC)C2(C)C)cc(N)n1. The summed E-state index contributed by atoms with van der Waals surface area (Å²) in [5.41, 5.74) is 7.20. The van der Waals surface area contributed by atoms with Gasteiger partial charge < -0.3 is 15.8 Å². The van der Waals surface area contributed by atoms with Gasteiger partial charge in [-0.3, -0.25) is 4.79 Å². The Bertz CT molecular complexity index is 528. The van der Waals surface area contributed by atoms with Crippen LogP contribution in [0, 0.1) is 5.41 Å². The average Bonchev–Trinajstić information content (AvgIpc) is 2.42. The summed E-state index contributed by atoms with van der Waals surface area (Å²) in [6.45, 7) is 6.30. The number of aromatic nitrogens is 1. The molecule has 1 aliphatic carbocycles. The largest absolute Gasteiger partial charge is 0.384 e. The highest BCUT2D eigenvalue weighted by Crippen LogP contribution is 2.42.